The van der Waals surface area contributed by atoms with Gasteiger partial charge in [-0.3, -0.25) is 0 Å². The van der Waals surface area contributed by atoms with Gasteiger partial charge in [0.2, 0.25) is 5.35 Å². The van der Waals surface area contributed by atoms with Crippen LogP contribution in [0.2, 0.25) is 19.6 Å². The fourth-order valence-electron chi connectivity index (χ4n) is 4.08. The predicted molar refractivity (Wildman–Crippen MR) is 127 cm³/mol. The highest BCUT2D eigenvalue weighted by Gasteiger charge is 2.24. The Morgan fingerprint density at radius 3 is 2.10 bits per heavy atom. The van der Waals surface area contributed by atoms with Gasteiger partial charge in [0, 0.05) is 16.5 Å². The molecule has 0 saturated carbocycles. The Kier molecular flexibility index (Phi) is 5.73. The molecular formula is C26H34N2Si. The number of benzene rings is 1. The molecule has 0 fully saturated rings. The Hall–Kier alpha value is -2.39. The Bertz CT molecular complexity index is 1210. The Morgan fingerprint density at radius 2 is 1.59 bits per heavy atom. The van der Waals surface area contributed by atoms with E-state index in [9.17, 15) is 0 Å². The summed E-state index contributed by atoms with van der Waals surface area (Å²) >= 11 is 0. The number of pyridine rings is 1. The van der Waals surface area contributed by atoms with Crippen LogP contribution in [0.5, 0.6) is 0 Å². The third-order valence-corrected chi connectivity index (χ3v) is 7.58. The third kappa shape index (κ3) is 4.45. The summed E-state index contributed by atoms with van der Waals surface area (Å²) in [7, 11) is -1.44. The first kappa shape index (κ1) is 21.3. The molecule has 2 nitrogen and oxygen atoms in total. The van der Waals surface area contributed by atoms with Gasteiger partial charge < -0.3 is 5.32 Å². The fourth-order valence-corrected chi connectivity index (χ4v) is 5.85. The van der Waals surface area contributed by atoms with Crippen molar-refractivity contribution in [3.63, 3.8) is 0 Å². The minimum atomic E-state index is -1.44. The number of rotatable bonds is 2. The normalized spacial score (nSPS) is 15.8. The second-order valence-electron chi connectivity index (χ2n) is 9.57. The van der Waals surface area contributed by atoms with Crippen LogP contribution in [0.25, 0.3) is 10.9 Å². The number of hydrogen-bond donors (Lipinski definition) is 0. The van der Waals surface area contributed by atoms with E-state index >= 15 is 0 Å². The van der Waals surface area contributed by atoms with Crippen molar-refractivity contribution in [3.8, 4) is 0 Å². The van der Waals surface area contributed by atoms with E-state index in [1.54, 1.807) is 0 Å². The van der Waals surface area contributed by atoms with Crippen molar-refractivity contribution in [1.29, 1.82) is 0 Å². The standard InChI is InChI=1S/C26H34N2Si/c1-17(2)24-15-25(28(6)16-26(24)29(7,8)9)23-11-10-21(12-18(23)3)22-13-19(4)27-20(5)14-22/h10-17H,6H2,1-5,7-9H3. The molecule has 2 aromatic rings. The summed E-state index contributed by atoms with van der Waals surface area (Å²) in [6.07, 6.45) is 6.59. The molecule has 0 unspecified atom stereocenters. The Labute approximate surface area is 176 Å². The molecule has 0 aliphatic carbocycles. The van der Waals surface area contributed by atoms with E-state index < -0.39 is 8.07 Å². The van der Waals surface area contributed by atoms with Gasteiger partial charge in [-0.25, -0.2) is 0 Å². The van der Waals surface area contributed by atoms with Crippen molar-refractivity contribution >= 4 is 18.8 Å². The van der Waals surface area contributed by atoms with Gasteiger partial charge in [0.25, 0.3) is 0 Å². The first-order valence-corrected chi connectivity index (χ1v) is 13.9. The highest BCUT2D eigenvalue weighted by molar-refractivity contribution is 6.89. The zero-order valence-electron chi connectivity index (χ0n) is 19.2. The van der Waals surface area contributed by atoms with Crippen LogP contribution in [0.15, 0.2) is 54.0 Å². The summed E-state index contributed by atoms with van der Waals surface area (Å²) in [6.45, 7) is 22.5. The predicted octanol–water partition coefficient (Wildman–Crippen LogP) is 5.22. The van der Waals surface area contributed by atoms with Gasteiger partial charge in [0.05, 0.1) is 8.07 Å². The second kappa shape index (κ2) is 7.79. The van der Waals surface area contributed by atoms with Gasteiger partial charge in [-0.05, 0) is 40.8 Å². The zero-order valence-corrected chi connectivity index (χ0v) is 20.2. The van der Waals surface area contributed by atoms with Crippen molar-refractivity contribution in [3.05, 3.63) is 93.0 Å². The molecule has 152 valence electrons. The first-order chi connectivity index (χ1) is 13.5. The van der Waals surface area contributed by atoms with Crippen LogP contribution in [-0.2, 0) is 0 Å². The smallest absolute Gasteiger partial charge is 0.217 e. The van der Waals surface area contributed by atoms with Gasteiger partial charge >= 0.3 is 0 Å². The van der Waals surface area contributed by atoms with Crippen LogP contribution in [-0.4, -0.2) is 8.07 Å². The molecular weight excluding hydrogens is 368 g/mol. The van der Waals surface area contributed by atoms with Crippen molar-refractivity contribution in [2.24, 2.45) is 0 Å². The molecule has 1 aliphatic rings. The monoisotopic (exact) mass is 402 g/mol. The van der Waals surface area contributed by atoms with Gasteiger partial charge in [-0.1, -0.05) is 71.6 Å². The van der Waals surface area contributed by atoms with Crippen LogP contribution in [0.3, 0.4) is 0 Å². The lowest BCUT2D eigenvalue weighted by molar-refractivity contribution is -0.509. The molecule has 0 saturated heterocycles. The molecule has 29 heavy (non-hydrogen) atoms. The van der Waals surface area contributed by atoms with Crippen molar-refractivity contribution in [2.45, 2.75) is 60.2 Å². The molecule has 0 atom stereocenters. The quantitative estimate of drug-likeness (QED) is 0.485. The fraction of sp³-hybridized carbons (Fsp3) is 0.346. The maximum absolute atomic E-state index is 4.50. The van der Waals surface area contributed by atoms with Crippen molar-refractivity contribution in [1.82, 2.24) is 0 Å². The summed E-state index contributed by atoms with van der Waals surface area (Å²) in [5.41, 5.74) is 6.07. The number of aryl methyl sites for hydroxylation is 1. The number of hydrogen-bond acceptors (Lipinski definition) is 0. The van der Waals surface area contributed by atoms with Gasteiger partial charge in [0.15, 0.2) is 6.20 Å². The van der Waals surface area contributed by atoms with Gasteiger partial charge in [-0.2, -0.15) is 15.6 Å². The minimum absolute atomic E-state index is 0.499. The van der Waals surface area contributed by atoms with E-state index in [-0.39, 0.29) is 0 Å². The van der Waals surface area contributed by atoms with Crippen LogP contribution in [0, 0.1) is 24.2 Å². The van der Waals surface area contributed by atoms with Crippen LogP contribution in [0.4, 0.5) is 0 Å². The third-order valence-electron chi connectivity index (χ3n) is 5.54. The lowest BCUT2D eigenvalue weighted by atomic mass is 10.0. The van der Waals surface area contributed by atoms with E-state index in [1.807, 2.05) is 0 Å². The lowest BCUT2D eigenvalue weighted by Gasteiger charge is -2.28. The lowest BCUT2D eigenvalue weighted by Crippen LogP contribution is -2.44. The molecule has 0 N–H and O–H groups in total. The average Bonchev–Trinajstić information content (AvgIpc) is 2.60. The summed E-state index contributed by atoms with van der Waals surface area (Å²) in [4.78, 5) is 0. The molecule has 3 rings (SSSR count). The van der Waals surface area contributed by atoms with E-state index in [0.717, 1.165) is 11.4 Å². The summed E-state index contributed by atoms with van der Waals surface area (Å²) in [5.74, 6) is 0.499. The highest BCUT2D eigenvalue weighted by atomic mass is 28.3. The Balaban J connectivity index is 2.36. The van der Waals surface area contributed by atoms with E-state index in [0.29, 0.717) is 5.92 Å². The SMILES string of the molecule is C=[n+]1cc([Si](C)(C)C)c(C(C)C)cc1=c1ccc(=C2C=C(C)[N-]C(C)=C2)cc1C. The molecule has 0 spiro atoms. The maximum Gasteiger partial charge on any atom is 0.217 e. The van der Waals surface area contributed by atoms with Crippen LogP contribution >= 0.6 is 0 Å². The minimum Gasteiger partial charge on any atom is -0.665 e. The van der Waals surface area contributed by atoms with Crippen molar-refractivity contribution in [2.75, 3.05) is 0 Å². The number of nitrogens with zero attached hydrogens (tertiary/aromatic N) is 2. The van der Waals surface area contributed by atoms with E-state index in [4.69, 9.17) is 0 Å². The van der Waals surface area contributed by atoms with Crippen molar-refractivity contribution < 1.29 is 4.24 Å². The topological polar surface area (TPSA) is 20.0 Å². The summed E-state index contributed by atoms with van der Waals surface area (Å²) < 4.78 is 2.07. The van der Waals surface area contributed by atoms with E-state index in [2.05, 4.69) is 113 Å². The van der Waals surface area contributed by atoms with Gasteiger partial charge in [0.1, 0.15) is 6.72 Å². The number of allylic oxidation sites excluding steroid dienone is 4. The molecule has 2 heterocycles. The zero-order chi connectivity index (χ0) is 21.5. The van der Waals surface area contributed by atoms with Crippen LogP contribution in [0.1, 0.15) is 44.7 Å². The first-order valence-electron chi connectivity index (χ1n) is 10.4. The van der Waals surface area contributed by atoms with E-state index in [1.165, 1.54) is 37.7 Å². The molecule has 1 aliphatic heterocycles. The number of aromatic nitrogens is 1. The molecule has 0 bridgehead atoms. The molecule has 0 radical (unpaired) electrons. The molecule has 1 aromatic carbocycles. The van der Waals surface area contributed by atoms with Crippen LogP contribution < -0.4 is 14.6 Å². The maximum atomic E-state index is 4.50. The largest absolute Gasteiger partial charge is 0.665 e. The molecule has 0 amide bonds. The summed E-state index contributed by atoms with van der Waals surface area (Å²) in [5, 5.41) is 9.67. The summed E-state index contributed by atoms with van der Waals surface area (Å²) in [6, 6.07) is 9.11. The average molecular weight is 403 g/mol. The second-order valence-corrected chi connectivity index (χ2v) is 14.6. The Morgan fingerprint density at radius 1 is 0.966 bits per heavy atom. The highest BCUT2D eigenvalue weighted by Crippen LogP contribution is 2.23. The van der Waals surface area contributed by atoms with Gasteiger partial charge in [-0.15, -0.1) is 0 Å². The molecule has 3 heteroatoms. The molecule has 1 aromatic heterocycles.